The highest BCUT2D eigenvalue weighted by Crippen LogP contribution is 2.16. The third-order valence-corrected chi connectivity index (χ3v) is 3.99. The minimum atomic E-state index is -0.880. The molecule has 0 bridgehead atoms. The van der Waals surface area contributed by atoms with Gasteiger partial charge >= 0.3 is 5.97 Å². The van der Waals surface area contributed by atoms with Crippen LogP contribution in [0.4, 0.5) is 4.39 Å². The smallest absolute Gasteiger partial charge is 0.328 e. The van der Waals surface area contributed by atoms with Crippen molar-refractivity contribution in [1.82, 2.24) is 25.5 Å². The fourth-order valence-electron chi connectivity index (χ4n) is 2.60. The number of tetrazole rings is 1. The molecule has 0 spiro atoms. The van der Waals surface area contributed by atoms with Gasteiger partial charge in [0.25, 0.3) is 0 Å². The average molecular weight is 379 g/mol. The Labute approximate surface area is 155 Å². The Bertz CT molecular complexity index is 782. The van der Waals surface area contributed by atoms with Crippen LogP contribution < -0.4 is 5.32 Å². The van der Waals surface area contributed by atoms with Crippen molar-refractivity contribution in [2.45, 2.75) is 31.8 Å². The average Bonchev–Trinajstić information content (AvgIpc) is 3.08. The molecule has 0 saturated heterocycles. The monoisotopic (exact) mass is 379 g/mol. The van der Waals surface area contributed by atoms with Crippen LogP contribution in [0.5, 0.6) is 0 Å². The summed E-state index contributed by atoms with van der Waals surface area (Å²) in [5.41, 5.74) is 0.594. The highest BCUT2D eigenvalue weighted by atomic mass is 19.1. The molecule has 0 aliphatic rings. The zero-order valence-electron chi connectivity index (χ0n) is 15.4. The molecule has 1 aromatic carbocycles. The van der Waals surface area contributed by atoms with Gasteiger partial charge in [-0.25, -0.2) is 13.9 Å². The quantitative estimate of drug-likeness (QED) is 0.636. The lowest BCUT2D eigenvalue weighted by Crippen LogP contribution is -2.46. The second kappa shape index (κ2) is 9.72. The summed E-state index contributed by atoms with van der Waals surface area (Å²) in [5, 5.41) is 13.9. The van der Waals surface area contributed by atoms with Crippen LogP contribution in [0, 0.1) is 12.7 Å². The van der Waals surface area contributed by atoms with Crippen molar-refractivity contribution in [3.63, 3.8) is 0 Å². The molecule has 0 radical (unpaired) electrons. The van der Waals surface area contributed by atoms with Crippen LogP contribution in [0.3, 0.4) is 0 Å². The molecule has 2 atom stereocenters. The first-order valence-electron chi connectivity index (χ1n) is 8.32. The maximum atomic E-state index is 13.5. The second-order valence-electron chi connectivity index (χ2n) is 5.89. The van der Waals surface area contributed by atoms with Crippen molar-refractivity contribution >= 4 is 11.9 Å². The van der Waals surface area contributed by atoms with Gasteiger partial charge in [0, 0.05) is 26.6 Å². The standard InChI is InChI=1S/C17H22FN5O4/c1-11-20-21-22-23(11)15(10-12-5-4-6-13(18)9-12)16(24)19-14(7-8-26-2)17(25)27-3/h4-6,9,14-15H,7-8,10H2,1-3H3,(H,19,24)/t14-,15+/m1/s1. The predicted molar refractivity (Wildman–Crippen MR) is 92.1 cm³/mol. The Balaban J connectivity index is 2.25. The van der Waals surface area contributed by atoms with Gasteiger partial charge in [-0.05, 0) is 35.0 Å². The molecule has 27 heavy (non-hydrogen) atoms. The van der Waals surface area contributed by atoms with Gasteiger partial charge < -0.3 is 14.8 Å². The Hall–Kier alpha value is -2.88. The van der Waals surface area contributed by atoms with Gasteiger partial charge in [0.1, 0.15) is 23.7 Å². The summed E-state index contributed by atoms with van der Waals surface area (Å²) in [7, 11) is 2.73. The van der Waals surface area contributed by atoms with E-state index in [1.54, 1.807) is 19.1 Å². The third kappa shape index (κ3) is 5.55. The molecular formula is C17H22FN5O4. The lowest BCUT2D eigenvalue weighted by molar-refractivity contribution is -0.146. The highest BCUT2D eigenvalue weighted by molar-refractivity contribution is 5.86. The van der Waals surface area contributed by atoms with Gasteiger partial charge in [0.2, 0.25) is 5.91 Å². The molecule has 1 heterocycles. The number of aryl methyl sites for hydroxylation is 1. The first kappa shape index (κ1) is 20.4. The molecule has 9 nitrogen and oxygen atoms in total. The van der Waals surface area contributed by atoms with Gasteiger partial charge in [0.05, 0.1) is 7.11 Å². The van der Waals surface area contributed by atoms with Crippen LogP contribution in [0.25, 0.3) is 0 Å². The molecule has 10 heteroatoms. The number of aromatic nitrogens is 4. The molecule has 0 aliphatic carbocycles. The maximum absolute atomic E-state index is 13.5. The molecule has 0 saturated carbocycles. The van der Waals surface area contributed by atoms with Crippen LogP contribution in [0.2, 0.25) is 0 Å². The van der Waals surface area contributed by atoms with Crippen LogP contribution in [0.1, 0.15) is 23.9 Å². The minimum Gasteiger partial charge on any atom is -0.467 e. The highest BCUT2D eigenvalue weighted by Gasteiger charge is 2.29. The number of hydrogen-bond acceptors (Lipinski definition) is 7. The summed E-state index contributed by atoms with van der Waals surface area (Å²) in [4.78, 5) is 24.9. The fourth-order valence-corrected chi connectivity index (χ4v) is 2.60. The topological polar surface area (TPSA) is 108 Å². The van der Waals surface area contributed by atoms with Crippen LogP contribution >= 0.6 is 0 Å². The Morgan fingerprint density at radius 3 is 2.70 bits per heavy atom. The van der Waals surface area contributed by atoms with E-state index < -0.39 is 29.8 Å². The number of nitrogens with zero attached hydrogens (tertiary/aromatic N) is 4. The Morgan fingerprint density at radius 1 is 1.33 bits per heavy atom. The summed E-state index contributed by atoms with van der Waals surface area (Å²) in [6.45, 7) is 1.91. The molecule has 0 unspecified atom stereocenters. The lowest BCUT2D eigenvalue weighted by atomic mass is 10.0. The number of carbonyl (C=O) groups is 2. The summed E-state index contributed by atoms with van der Waals surface area (Å²) in [6.07, 6.45) is 0.393. The van der Waals surface area contributed by atoms with E-state index in [4.69, 9.17) is 9.47 Å². The van der Waals surface area contributed by atoms with E-state index >= 15 is 0 Å². The number of ether oxygens (including phenoxy) is 2. The van der Waals surface area contributed by atoms with Crippen molar-refractivity contribution in [1.29, 1.82) is 0 Å². The van der Waals surface area contributed by atoms with Gasteiger partial charge in [-0.3, -0.25) is 4.79 Å². The Morgan fingerprint density at radius 2 is 2.11 bits per heavy atom. The number of hydrogen-bond donors (Lipinski definition) is 1. The zero-order valence-corrected chi connectivity index (χ0v) is 15.4. The maximum Gasteiger partial charge on any atom is 0.328 e. The molecule has 0 fully saturated rings. The van der Waals surface area contributed by atoms with E-state index in [0.717, 1.165) is 0 Å². The number of rotatable bonds is 9. The van der Waals surface area contributed by atoms with E-state index in [1.807, 2.05) is 0 Å². The lowest BCUT2D eigenvalue weighted by Gasteiger charge is -2.21. The van der Waals surface area contributed by atoms with E-state index in [1.165, 1.54) is 31.0 Å². The van der Waals surface area contributed by atoms with Crippen LogP contribution in [-0.4, -0.2) is 59.0 Å². The van der Waals surface area contributed by atoms with Crippen molar-refractivity contribution in [2.24, 2.45) is 0 Å². The minimum absolute atomic E-state index is 0.146. The molecule has 1 N–H and O–H groups in total. The third-order valence-electron chi connectivity index (χ3n) is 3.99. The number of carbonyl (C=O) groups excluding carboxylic acids is 2. The zero-order chi connectivity index (χ0) is 19.8. The van der Waals surface area contributed by atoms with Crippen LogP contribution in [-0.2, 0) is 25.5 Å². The summed E-state index contributed by atoms with van der Waals surface area (Å²) in [5.74, 6) is -1.06. The van der Waals surface area contributed by atoms with Crippen molar-refractivity contribution in [3.8, 4) is 0 Å². The van der Waals surface area contributed by atoms with Crippen LogP contribution in [0.15, 0.2) is 24.3 Å². The van der Waals surface area contributed by atoms with Crippen molar-refractivity contribution in [3.05, 3.63) is 41.5 Å². The van der Waals surface area contributed by atoms with Crippen molar-refractivity contribution in [2.75, 3.05) is 20.8 Å². The number of benzene rings is 1. The number of halogens is 1. The molecule has 1 amide bonds. The first-order valence-corrected chi connectivity index (χ1v) is 8.32. The Kier molecular flexibility index (Phi) is 7.35. The van der Waals surface area contributed by atoms with Gasteiger partial charge in [0.15, 0.2) is 0 Å². The summed E-state index contributed by atoms with van der Waals surface area (Å²) < 4.78 is 24.6. The van der Waals surface area contributed by atoms with E-state index in [2.05, 4.69) is 20.8 Å². The number of nitrogens with one attached hydrogen (secondary N) is 1. The molecule has 0 aliphatic heterocycles. The predicted octanol–water partition coefficient (Wildman–Crippen LogP) is 0.599. The summed E-state index contributed by atoms with van der Waals surface area (Å²) in [6, 6.07) is 4.17. The fraction of sp³-hybridized carbons (Fsp3) is 0.471. The molecule has 2 rings (SSSR count). The second-order valence-corrected chi connectivity index (χ2v) is 5.89. The van der Waals surface area contributed by atoms with Gasteiger partial charge in [-0.15, -0.1) is 5.10 Å². The molecular weight excluding hydrogens is 357 g/mol. The van der Waals surface area contributed by atoms with E-state index in [0.29, 0.717) is 11.4 Å². The normalized spacial score (nSPS) is 13.0. The van der Waals surface area contributed by atoms with E-state index in [9.17, 15) is 14.0 Å². The number of methoxy groups -OCH3 is 2. The first-order chi connectivity index (χ1) is 13.0. The van der Waals surface area contributed by atoms with Gasteiger partial charge in [-0.2, -0.15) is 0 Å². The SMILES string of the molecule is COCC[C@@H](NC(=O)[C@H](Cc1cccc(F)c1)n1nnnc1C)C(=O)OC. The van der Waals surface area contributed by atoms with Gasteiger partial charge in [-0.1, -0.05) is 12.1 Å². The number of amides is 1. The van der Waals surface area contributed by atoms with Crippen molar-refractivity contribution < 1.29 is 23.5 Å². The molecule has 1 aromatic heterocycles. The van der Waals surface area contributed by atoms with E-state index in [-0.39, 0.29) is 19.4 Å². The molecule has 2 aromatic rings. The largest absolute Gasteiger partial charge is 0.467 e. The molecule has 146 valence electrons. The summed E-state index contributed by atoms with van der Waals surface area (Å²) >= 11 is 0. The number of esters is 1.